The maximum absolute atomic E-state index is 14.4. The fraction of sp³-hybridized carbons (Fsp3) is 0.909. The molecule has 598 valence electrons. The Bertz CT molecular complexity index is 2210. The summed E-state index contributed by atoms with van der Waals surface area (Å²) in [5.74, 6) is -1.52. The van der Waals surface area contributed by atoms with Crippen LogP contribution in [0.2, 0.25) is 0 Å². The van der Waals surface area contributed by atoms with Gasteiger partial charge in [0.05, 0.1) is 13.2 Å². The average molecular weight is 1480 g/mol. The lowest BCUT2D eigenvalue weighted by molar-refractivity contribution is -0.360. The molecule has 3 rings (SSSR count). The molecule has 25 heteroatoms. The van der Waals surface area contributed by atoms with Crippen LogP contribution in [-0.4, -0.2) is 204 Å². The number of ether oxygens (including phenoxy) is 7. The second-order valence-electron chi connectivity index (χ2n) is 29.1. The van der Waals surface area contributed by atoms with E-state index in [9.17, 15) is 74.9 Å². The molecule has 0 spiro atoms. The molecule has 19 atom stereocenters. The van der Waals surface area contributed by atoms with E-state index in [1.165, 1.54) is 173 Å². The highest BCUT2D eigenvalue weighted by atomic mass is 31.2. The van der Waals surface area contributed by atoms with Crippen molar-refractivity contribution in [3.63, 3.8) is 0 Å². The van der Waals surface area contributed by atoms with Gasteiger partial charge >= 0.3 is 25.7 Å². The zero-order valence-electron chi connectivity index (χ0n) is 62.8. The maximum Gasteiger partial charge on any atom is 0.472 e. The molecule has 0 bridgehead atoms. The Labute approximate surface area is 611 Å². The number of phosphoric acid groups is 1. The summed E-state index contributed by atoms with van der Waals surface area (Å²) in [5, 5.41) is 110. The van der Waals surface area contributed by atoms with Gasteiger partial charge in [-0.25, -0.2) is 9.36 Å². The van der Waals surface area contributed by atoms with Crippen molar-refractivity contribution in [2.75, 3.05) is 26.4 Å². The van der Waals surface area contributed by atoms with Gasteiger partial charge in [0.25, 0.3) is 0 Å². The molecule has 102 heavy (non-hydrogen) atoms. The summed E-state index contributed by atoms with van der Waals surface area (Å²) in [5.41, 5.74) is 0. The molecule has 3 aliphatic rings. The molecular formula is C77H141O24P. The van der Waals surface area contributed by atoms with Gasteiger partial charge in [0.1, 0.15) is 98.7 Å². The van der Waals surface area contributed by atoms with E-state index in [0.717, 1.165) is 96.0 Å². The van der Waals surface area contributed by atoms with E-state index in [2.05, 4.69) is 27.7 Å². The van der Waals surface area contributed by atoms with Gasteiger partial charge < -0.3 is 89.1 Å². The molecule has 1 saturated carbocycles. The zero-order chi connectivity index (χ0) is 74.8. The highest BCUT2D eigenvalue weighted by Gasteiger charge is 2.58. The molecule has 0 aromatic carbocycles. The summed E-state index contributed by atoms with van der Waals surface area (Å²) in [4.78, 5) is 51.1. The third-order valence-corrected chi connectivity index (χ3v) is 21.0. The molecular weight excluding hydrogens is 1340 g/mol. The maximum atomic E-state index is 14.4. The molecule has 2 saturated heterocycles. The Morgan fingerprint density at radius 2 is 0.814 bits per heavy atom. The van der Waals surface area contributed by atoms with Crippen LogP contribution >= 0.6 is 7.82 Å². The lowest BCUT2D eigenvalue weighted by Gasteiger charge is -2.49. The predicted molar refractivity (Wildman–Crippen MR) is 388 cm³/mol. The minimum atomic E-state index is -5.71. The third-order valence-electron chi connectivity index (χ3n) is 20.0. The summed E-state index contributed by atoms with van der Waals surface area (Å²) >= 11 is 0. The Morgan fingerprint density at radius 1 is 0.431 bits per heavy atom. The molecule has 0 aromatic heterocycles. The number of carbonyl (C=O) groups is 3. The molecule has 1 aliphatic carbocycles. The van der Waals surface area contributed by atoms with E-state index in [1.54, 1.807) is 6.08 Å². The van der Waals surface area contributed by atoms with E-state index in [4.69, 9.17) is 42.2 Å². The number of phosphoric ester groups is 1. The van der Waals surface area contributed by atoms with Crippen LogP contribution in [0.15, 0.2) is 24.3 Å². The van der Waals surface area contributed by atoms with Gasteiger partial charge in [0, 0.05) is 18.9 Å². The Balaban J connectivity index is 1.73. The van der Waals surface area contributed by atoms with Crippen molar-refractivity contribution < 1.29 is 117 Å². The largest absolute Gasteiger partial charge is 0.472 e. The van der Waals surface area contributed by atoms with Gasteiger partial charge in [0.15, 0.2) is 18.7 Å². The highest BCUT2D eigenvalue weighted by Crippen LogP contribution is 2.49. The summed E-state index contributed by atoms with van der Waals surface area (Å²) in [6.45, 7) is 5.72. The van der Waals surface area contributed by atoms with Crippen molar-refractivity contribution >= 4 is 25.7 Å². The summed E-state index contributed by atoms with van der Waals surface area (Å²) in [7, 11) is -5.71. The van der Waals surface area contributed by atoms with Gasteiger partial charge in [-0.15, -0.1) is 0 Å². The number of carbonyl (C=O) groups excluding carboxylic acids is 3. The van der Waals surface area contributed by atoms with Gasteiger partial charge in [-0.05, 0) is 31.6 Å². The van der Waals surface area contributed by atoms with Crippen molar-refractivity contribution in [1.82, 2.24) is 0 Å². The second-order valence-corrected chi connectivity index (χ2v) is 30.5. The molecule has 19 unspecified atom stereocenters. The lowest BCUT2D eigenvalue weighted by atomic mass is 9.84. The SMILES string of the molecule is CCCCCCCCCCCCC/C=C/C=C/C(=O)OCC1OC(OC2C(O)C(O)C(O)C(OC3OC(CO)C(O)C(O)C3O)C2OP(=O)(O)OCC(COC(=O)CCCCCCCCC(C)CCCCCCCC)OC(=O)CCCCCCCCCCCCCCCCCC)C(O)C(O)C1O. The fourth-order valence-electron chi connectivity index (χ4n) is 13.4. The summed E-state index contributed by atoms with van der Waals surface area (Å²) in [6.07, 6.45) is 18.6. The van der Waals surface area contributed by atoms with Crippen LogP contribution in [-0.2, 0) is 61.2 Å². The number of esters is 3. The van der Waals surface area contributed by atoms with Crippen molar-refractivity contribution in [3.05, 3.63) is 24.3 Å². The Morgan fingerprint density at radius 3 is 1.25 bits per heavy atom. The van der Waals surface area contributed by atoms with E-state index in [-0.39, 0.29) is 12.8 Å². The van der Waals surface area contributed by atoms with Gasteiger partial charge in [-0.3, -0.25) is 18.6 Å². The molecule has 3 fully saturated rings. The molecule has 11 N–H and O–H groups in total. The summed E-state index contributed by atoms with van der Waals surface area (Å²) in [6, 6.07) is 0. The smallest absolute Gasteiger partial charge is 0.462 e. The number of hydrogen-bond acceptors (Lipinski definition) is 23. The Kier molecular flexibility index (Phi) is 52.8. The van der Waals surface area contributed by atoms with E-state index in [0.29, 0.717) is 18.8 Å². The van der Waals surface area contributed by atoms with Gasteiger partial charge in [-0.1, -0.05) is 290 Å². The van der Waals surface area contributed by atoms with Gasteiger partial charge in [-0.2, -0.15) is 0 Å². The molecule has 0 aromatic rings. The van der Waals surface area contributed by atoms with Crippen LogP contribution in [0.25, 0.3) is 0 Å². The van der Waals surface area contributed by atoms with Crippen LogP contribution in [0.3, 0.4) is 0 Å². The standard InChI is InChI=1S/C77H141O24P/c1-5-8-11-14-17-19-21-23-25-27-29-31-33-35-42-47-52-63(81)96-58(54-93-61(79)50-45-41-37-36-39-44-49-57(4)48-43-38-16-13-10-7-3)55-95-102(91,92)101-75-73(99-76-71(89)66(84)64(82)59(53-78)97-76)69(87)68(86)70(88)74(75)100-77-72(90)67(85)65(83)60(98-77)56-94-62(80)51-46-40-34-32-30-28-26-24-22-20-18-15-12-9-6-2/h34,40,46,51,57-60,64-78,82-90H,5-33,35-39,41-45,47-50,52-56H2,1-4H3,(H,91,92)/b40-34+,51-46+. The number of aliphatic hydroxyl groups excluding tert-OH is 10. The normalized spacial score (nSPS) is 27.4. The topological polar surface area (TPSA) is 374 Å². The first kappa shape index (κ1) is 93.6. The second kappa shape index (κ2) is 57.5. The van der Waals surface area contributed by atoms with Gasteiger partial charge in [0.2, 0.25) is 0 Å². The molecule has 0 radical (unpaired) electrons. The minimum Gasteiger partial charge on any atom is -0.462 e. The Hall–Kier alpha value is -2.56. The number of aliphatic hydroxyl groups is 10. The molecule has 2 heterocycles. The van der Waals surface area contributed by atoms with E-state index in [1.807, 2.05) is 6.08 Å². The monoisotopic (exact) mass is 1480 g/mol. The molecule has 24 nitrogen and oxygen atoms in total. The first-order chi connectivity index (χ1) is 49.2. The van der Waals surface area contributed by atoms with Crippen molar-refractivity contribution in [2.24, 2.45) is 5.92 Å². The van der Waals surface area contributed by atoms with E-state index >= 15 is 0 Å². The number of allylic oxidation sites excluding steroid dienone is 3. The van der Waals surface area contributed by atoms with Crippen molar-refractivity contribution in [1.29, 1.82) is 0 Å². The average Bonchev–Trinajstić information content (AvgIpc) is 0.761. The van der Waals surface area contributed by atoms with Crippen molar-refractivity contribution in [2.45, 2.75) is 414 Å². The van der Waals surface area contributed by atoms with Crippen LogP contribution in [0, 0.1) is 5.92 Å². The number of unbranched alkanes of at least 4 members (excludes halogenated alkanes) is 36. The fourth-order valence-corrected chi connectivity index (χ4v) is 14.4. The van der Waals surface area contributed by atoms with Crippen molar-refractivity contribution in [3.8, 4) is 0 Å². The van der Waals surface area contributed by atoms with E-state index < -0.39 is 156 Å². The van der Waals surface area contributed by atoms with Crippen LogP contribution < -0.4 is 0 Å². The zero-order valence-corrected chi connectivity index (χ0v) is 63.7. The van der Waals surface area contributed by atoms with Crippen LogP contribution in [0.5, 0.6) is 0 Å². The van der Waals surface area contributed by atoms with Crippen LogP contribution in [0.4, 0.5) is 0 Å². The summed E-state index contributed by atoms with van der Waals surface area (Å²) < 4.78 is 65.0. The quantitative estimate of drug-likeness (QED) is 0.00673. The highest BCUT2D eigenvalue weighted by molar-refractivity contribution is 7.47. The minimum absolute atomic E-state index is 0.0390. The molecule has 0 amide bonds. The first-order valence-corrected chi connectivity index (χ1v) is 41.5. The number of rotatable bonds is 62. The molecule has 2 aliphatic heterocycles. The predicted octanol–water partition coefficient (Wildman–Crippen LogP) is 11.9. The third kappa shape index (κ3) is 40.0. The van der Waals surface area contributed by atoms with Crippen LogP contribution in [0.1, 0.15) is 310 Å². The first-order valence-electron chi connectivity index (χ1n) is 40.1. The number of hydrogen-bond donors (Lipinski definition) is 11. The lowest BCUT2D eigenvalue weighted by Crippen LogP contribution is -2.69.